The molecule has 0 saturated carbocycles. The third-order valence-electron chi connectivity index (χ3n) is 4.06. The van der Waals surface area contributed by atoms with Gasteiger partial charge in [-0.15, -0.1) is 0 Å². The average Bonchev–Trinajstić information content (AvgIpc) is 2.38. The molecule has 0 heterocycles. The second kappa shape index (κ2) is 14.0. The van der Waals surface area contributed by atoms with E-state index in [1.54, 1.807) is 0 Å². The normalized spacial score (nSPS) is 12.0. The lowest BCUT2D eigenvalue weighted by Gasteiger charge is -2.16. The zero-order chi connectivity index (χ0) is 15.1. The largest absolute Gasteiger partial charge is 0.0654 e. The molecule has 0 aromatic carbocycles. The van der Waals surface area contributed by atoms with Crippen LogP contribution in [0, 0.1) is 11.8 Å². The van der Waals surface area contributed by atoms with Gasteiger partial charge in [-0.25, -0.2) is 0 Å². The first-order chi connectivity index (χ1) is 9.56. The van der Waals surface area contributed by atoms with Gasteiger partial charge in [0, 0.05) is 0 Å². The maximum Gasteiger partial charge on any atom is -0.0332 e. The Bertz CT molecular complexity index is 175. The highest BCUT2D eigenvalue weighted by Gasteiger charge is 2.08. The molecule has 0 spiro atoms. The molecule has 0 N–H and O–H groups in total. The molecule has 0 aromatic rings. The molecular weight excluding hydrogens is 240 g/mol. The van der Waals surface area contributed by atoms with Crippen molar-refractivity contribution in [1.82, 2.24) is 0 Å². The predicted octanol–water partition coefficient (Wildman–Crippen LogP) is 7.72. The standard InChI is InChI=1S/C20H41/c1-5-6-7-8-9-10-11-12-13-14-15-16-17-18-19-20(2,3)4/h19H,5-18H2,1-4H3. The second-order valence-electron chi connectivity index (χ2n) is 7.60. The molecule has 1 radical (unpaired) electrons. The zero-order valence-electron chi connectivity index (χ0n) is 15.0. The molecule has 20 heavy (non-hydrogen) atoms. The lowest BCUT2D eigenvalue weighted by molar-refractivity contribution is 0.460. The summed E-state index contributed by atoms with van der Waals surface area (Å²) in [6.07, 6.45) is 22.6. The van der Waals surface area contributed by atoms with Gasteiger partial charge in [-0.3, -0.25) is 0 Å². The molecule has 0 rings (SSSR count). The lowest BCUT2D eigenvalue weighted by Crippen LogP contribution is -2.04. The molecular formula is C20H41. The molecule has 0 aliphatic rings. The van der Waals surface area contributed by atoms with E-state index in [0.717, 1.165) is 0 Å². The van der Waals surface area contributed by atoms with Crippen molar-refractivity contribution >= 4 is 0 Å². The smallest absolute Gasteiger partial charge is 0.0332 e. The molecule has 0 saturated heterocycles. The van der Waals surface area contributed by atoms with Gasteiger partial charge in [-0.05, 0) is 18.3 Å². The molecule has 0 amide bonds. The summed E-state index contributed by atoms with van der Waals surface area (Å²) in [5.41, 5.74) is 0.414. The average molecular weight is 282 g/mol. The Hall–Kier alpha value is 0. The minimum Gasteiger partial charge on any atom is -0.0654 e. The Kier molecular flexibility index (Phi) is 14.0. The Morgan fingerprint density at radius 2 is 0.900 bits per heavy atom. The van der Waals surface area contributed by atoms with Crippen LogP contribution in [0.15, 0.2) is 0 Å². The molecule has 0 atom stereocenters. The van der Waals surface area contributed by atoms with Gasteiger partial charge in [0.1, 0.15) is 0 Å². The van der Waals surface area contributed by atoms with E-state index in [9.17, 15) is 0 Å². The third kappa shape index (κ3) is 18.0. The Balaban J connectivity index is 2.99. The van der Waals surface area contributed by atoms with E-state index in [4.69, 9.17) is 0 Å². The van der Waals surface area contributed by atoms with Crippen LogP contribution in [-0.2, 0) is 0 Å². The van der Waals surface area contributed by atoms with Gasteiger partial charge in [-0.1, -0.05) is 111 Å². The summed E-state index contributed by atoms with van der Waals surface area (Å²) in [6, 6.07) is 0. The Morgan fingerprint density at radius 1 is 0.550 bits per heavy atom. The number of hydrogen-bond acceptors (Lipinski definition) is 0. The summed E-state index contributed by atoms with van der Waals surface area (Å²) < 4.78 is 0. The van der Waals surface area contributed by atoms with Gasteiger partial charge in [0.05, 0.1) is 0 Å². The van der Waals surface area contributed by atoms with E-state index >= 15 is 0 Å². The molecule has 0 aromatic heterocycles. The van der Waals surface area contributed by atoms with Crippen LogP contribution in [0.2, 0.25) is 0 Å². The van der Waals surface area contributed by atoms with Crippen LogP contribution in [0.3, 0.4) is 0 Å². The molecule has 0 nitrogen and oxygen atoms in total. The van der Waals surface area contributed by atoms with Crippen molar-refractivity contribution in [3.05, 3.63) is 6.42 Å². The van der Waals surface area contributed by atoms with Crippen molar-refractivity contribution in [3.63, 3.8) is 0 Å². The highest BCUT2D eigenvalue weighted by atomic mass is 14.1. The SMILES string of the molecule is CCCCCCCCCCCCCCC[CH]C(C)(C)C. The van der Waals surface area contributed by atoms with Crippen molar-refractivity contribution in [1.29, 1.82) is 0 Å². The van der Waals surface area contributed by atoms with Crippen LogP contribution in [0.5, 0.6) is 0 Å². The fourth-order valence-corrected chi connectivity index (χ4v) is 2.70. The van der Waals surface area contributed by atoms with Crippen molar-refractivity contribution < 1.29 is 0 Å². The summed E-state index contributed by atoms with van der Waals surface area (Å²) in [6.45, 7) is 9.20. The minimum absolute atomic E-state index is 0.414. The molecule has 0 aliphatic carbocycles. The number of rotatable bonds is 14. The van der Waals surface area contributed by atoms with Gasteiger partial charge < -0.3 is 0 Å². The Morgan fingerprint density at radius 3 is 1.25 bits per heavy atom. The first-order valence-electron chi connectivity index (χ1n) is 9.40. The quantitative estimate of drug-likeness (QED) is 0.286. The molecule has 0 aliphatic heterocycles. The summed E-state index contributed by atoms with van der Waals surface area (Å²) in [5, 5.41) is 0. The van der Waals surface area contributed by atoms with Crippen molar-refractivity contribution in [2.45, 2.75) is 118 Å². The summed E-state index contributed by atoms with van der Waals surface area (Å²) in [4.78, 5) is 0. The van der Waals surface area contributed by atoms with E-state index in [0.29, 0.717) is 5.41 Å². The highest BCUT2D eigenvalue weighted by Crippen LogP contribution is 2.21. The van der Waals surface area contributed by atoms with Crippen LogP contribution < -0.4 is 0 Å². The molecule has 0 unspecified atom stereocenters. The predicted molar refractivity (Wildman–Crippen MR) is 94.1 cm³/mol. The topological polar surface area (TPSA) is 0 Å². The second-order valence-corrected chi connectivity index (χ2v) is 7.60. The van der Waals surface area contributed by atoms with Gasteiger partial charge >= 0.3 is 0 Å². The van der Waals surface area contributed by atoms with Gasteiger partial charge in [0.15, 0.2) is 0 Å². The van der Waals surface area contributed by atoms with E-state index < -0.39 is 0 Å². The van der Waals surface area contributed by atoms with Gasteiger partial charge in [0.25, 0.3) is 0 Å². The van der Waals surface area contributed by atoms with E-state index in [1.807, 2.05) is 0 Å². The van der Waals surface area contributed by atoms with Crippen molar-refractivity contribution in [2.75, 3.05) is 0 Å². The van der Waals surface area contributed by atoms with Gasteiger partial charge in [0.2, 0.25) is 0 Å². The fourth-order valence-electron chi connectivity index (χ4n) is 2.70. The summed E-state index contributed by atoms with van der Waals surface area (Å²) in [5.74, 6) is 0. The summed E-state index contributed by atoms with van der Waals surface area (Å²) in [7, 11) is 0. The highest BCUT2D eigenvalue weighted by molar-refractivity contribution is 4.79. The van der Waals surface area contributed by atoms with Crippen LogP contribution in [0.4, 0.5) is 0 Å². The molecule has 121 valence electrons. The van der Waals surface area contributed by atoms with Gasteiger partial charge in [-0.2, -0.15) is 0 Å². The molecule has 0 bridgehead atoms. The number of unbranched alkanes of at least 4 members (excludes halogenated alkanes) is 13. The Labute approximate surface area is 130 Å². The van der Waals surface area contributed by atoms with Crippen molar-refractivity contribution in [2.24, 2.45) is 5.41 Å². The van der Waals surface area contributed by atoms with E-state index in [1.165, 1.54) is 89.9 Å². The maximum absolute atomic E-state index is 2.48. The van der Waals surface area contributed by atoms with E-state index in [-0.39, 0.29) is 0 Å². The number of hydrogen-bond donors (Lipinski definition) is 0. The van der Waals surface area contributed by atoms with Crippen LogP contribution in [-0.4, -0.2) is 0 Å². The van der Waals surface area contributed by atoms with Crippen LogP contribution in [0.1, 0.15) is 118 Å². The summed E-state index contributed by atoms with van der Waals surface area (Å²) >= 11 is 0. The zero-order valence-corrected chi connectivity index (χ0v) is 15.0. The molecule has 0 heteroatoms. The third-order valence-corrected chi connectivity index (χ3v) is 4.06. The fraction of sp³-hybridized carbons (Fsp3) is 0.950. The molecule has 0 fully saturated rings. The van der Waals surface area contributed by atoms with Crippen LogP contribution >= 0.6 is 0 Å². The first kappa shape index (κ1) is 20.0. The van der Waals surface area contributed by atoms with E-state index in [2.05, 4.69) is 34.1 Å². The van der Waals surface area contributed by atoms with Crippen LogP contribution in [0.25, 0.3) is 0 Å². The minimum atomic E-state index is 0.414. The van der Waals surface area contributed by atoms with Crippen molar-refractivity contribution in [3.8, 4) is 0 Å². The monoisotopic (exact) mass is 281 g/mol. The first-order valence-corrected chi connectivity index (χ1v) is 9.40. The maximum atomic E-state index is 2.48. The lowest BCUT2D eigenvalue weighted by atomic mass is 9.89.